The summed E-state index contributed by atoms with van der Waals surface area (Å²) in [6.45, 7) is 8.49. The van der Waals surface area contributed by atoms with Crippen LogP contribution in [0.25, 0.3) is 0 Å². The molecule has 2 aromatic rings. The first-order valence-corrected chi connectivity index (χ1v) is 9.76. The van der Waals surface area contributed by atoms with Crippen LogP contribution in [0.4, 0.5) is 5.69 Å². The van der Waals surface area contributed by atoms with Crippen LogP contribution in [0.2, 0.25) is 0 Å². The van der Waals surface area contributed by atoms with Crippen molar-refractivity contribution in [3.05, 3.63) is 59.7 Å². The number of ether oxygens (including phenoxy) is 1. The molecule has 0 bridgehead atoms. The summed E-state index contributed by atoms with van der Waals surface area (Å²) in [6, 6.07) is 14.1. The Morgan fingerprint density at radius 3 is 2.43 bits per heavy atom. The Morgan fingerprint density at radius 2 is 1.71 bits per heavy atom. The number of benzene rings is 2. The number of hydrogen-bond acceptors (Lipinski definition) is 3. The Bertz CT molecular complexity index is 809. The number of carbonyl (C=O) groups excluding carboxylic acids is 2. The summed E-state index contributed by atoms with van der Waals surface area (Å²) in [6.07, 6.45) is 3.17. The normalized spacial score (nSPS) is 11.0. The van der Waals surface area contributed by atoms with Crippen molar-refractivity contribution >= 4 is 17.5 Å². The van der Waals surface area contributed by atoms with Crippen LogP contribution in [0.5, 0.6) is 5.75 Å². The lowest BCUT2D eigenvalue weighted by Gasteiger charge is -2.20. The SMILES string of the molecule is CCCCCOc1ccccc1C(=O)Nc1cccc(C(=O)NC(C)(C)C)c1. The molecule has 5 heteroatoms. The van der Waals surface area contributed by atoms with Crippen molar-refractivity contribution in [2.45, 2.75) is 52.5 Å². The number of rotatable bonds is 8. The van der Waals surface area contributed by atoms with Gasteiger partial charge in [-0.25, -0.2) is 0 Å². The van der Waals surface area contributed by atoms with Crippen LogP contribution in [0.3, 0.4) is 0 Å². The number of amides is 2. The predicted octanol–water partition coefficient (Wildman–Crippen LogP) is 5.04. The highest BCUT2D eigenvalue weighted by molar-refractivity contribution is 6.06. The second-order valence-electron chi connectivity index (χ2n) is 7.79. The molecular formula is C23H30N2O3. The third-order valence-electron chi connectivity index (χ3n) is 4.01. The van der Waals surface area contributed by atoms with Crippen molar-refractivity contribution in [2.24, 2.45) is 0 Å². The van der Waals surface area contributed by atoms with Gasteiger partial charge >= 0.3 is 0 Å². The van der Waals surface area contributed by atoms with E-state index in [-0.39, 0.29) is 17.4 Å². The highest BCUT2D eigenvalue weighted by atomic mass is 16.5. The monoisotopic (exact) mass is 382 g/mol. The van der Waals surface area contributed by atoms with Gasteiger partial charge in [0.15, 0.2) is 0 Å². The minimum Gasteiger partial charge on any atom is -0.493 e. The zero-order valence-corrected chi connectivity index (χ0v) is 17.2. The molecule has 0 aliphatic carbocycles. The fourth-order valence-corrected chi connectivity index (χ4v) is 2.66. The van der Waals surface area contributed by atoms with E-state index in [4.69, 9.17) is 4.74 Å². The molecule has 28 heavy (non-hydrogen) atoms. The first-order valence-electron chi connectivity index (χ1n) is 9.76. The summed E-state index contributed by atoms with van der Waals surface area (Å²) in [4.78, 5) is 25.1. The molecule has 0 fully saturated rings. The number of anilines is 1. The molecule has 0 aliphatic rings. The fraction of sp³-hybridized carbons (Fsp3) is 0.391. The van der Waals surface area contributed by atoms with Crippen LogP contribution < -0.4 is 15.4 Å². The van der Waals surface area contributed by atoms with Gasteiger partial charge in [-0.3, -0.25) is 9.59 Å². The van der Waals surface area contributed by atoms with Crippen molar-refractivity contribution < 1.29 is 14.3 Å². The summed E-state index contributed by atoms with van der Waals surface area (Å²) in [7, 11) is 0. The van der Waals surface area contributed by atoms with E-state index >= 15 is 0 Å². The first-order chi connectivity index (χ1) is 13.3. The zero-order chi connectivity index (χ0) is 20.6. The number of para-hydroxylation sites is 1. The minimum absolute atomic E-state index is 0.178. The van der Waals surface area contributed by atoms with E-state index in [0.717, 1.165) is 19.3 Å². The van der Waals surface area contributed by atoms with E-state index in [9.17, 15) is 9.59 Å². The van der Waals surface area contributed by atoms with Crippen LogP contribution in [-0.2, 0) is 0 Å². The summed E-state index contributed by atoms with van der Waals surface area (Å²) in [5.41, 5.74) is 1.21. The van der Waals surface area contributed by atoms with Gasteiger partial charge in [0.05, 0.1) is 12.2 Å². The standard InChI is InChI=1S/C23H30N2O3/c1-5-6-9-15-28-20-14-8-7-13-19(20)22(27)24-18-12-10-11-17(16-18)21(26)25-23(2,3)4/h7-8,10-14,16H,5-6,9,15H2,1-4H3,(H,24,27)(H,25,26). The summed E-state index contributed by atoms with van der Waals surface area (Å²) in [5, 5.41) is 5.78. The second-order valence-corrected chi connectivity index (χ2v) is 7.79. The molecule has 0 spiro atoms. The summed E-state index contributed by atoms with van der Waals surface area (Å²) < 4.78 is 5.79. The van der Waals surface area contributed by atoms with Gasteiger partial charge in [-0.15, -0.1) is 0 Å². The third-order valence-corrected chi connectivity index (χ3v) is 4.01. The van der Waals surface area contributed by atoms with E-state index in [1.807, 2.05) is 26.8 Å². The maximum Gasteiger partial charge on any atom is 0.259 e. The van der Waals surface area contributed by atoms with E-state index in [2.05, 4.69) is 17.6 Å². The Morgan fingerprint density at radius 1 is 0.964 bits per heavy atom. The second kappa shape index (κ2) is 9.93. The molecule has 0 atom stereocenters. The maximum atomic E-state index is 12.7. The average Bonchev–Trinajstić information content (AvgIpc) is 2.64. The molecular weight excluding hydrogens is 352 g/mol. The lowest BCUT2D eigenvalue weighted by atomic mass is 10.1. The number of carbonyl (C=O) groups is 2. The molecule has 0 heterocycles. The molecule has 150 valence electrons. The van der Waals surface area contributed by atoms with Crippen LogP contribution in [0.1, 0.15) is 67.7 Å². The molecule has 0 saturated carbocycles. The molecule has 5 nitrogen and oxygen atoms in total. The predicted molar refractivity (Wildman–Crippen MR) is 113 cm³/mol. The van der Waals surface area contributed by atoms with Crippen molar-refractivity contribution in [1.82, 2.24) is 5.32 Å². The van der Waals surface area contributed by atoms with Gasteiger partial charge in [-0.2, -0.15) is 0 Å². The largest absolute Gasteiger partial charge is 0.493 e. The maximum absolute atomic E-state index is 12.7. The lowest BCUT2D eigenvalue weighted by Crippen LogP contribution is -2.40. The topological polar surface area (TPSA) is 67.4 Å². The van der Waals surface area contributed by atoms with Gasteiger partial charge in [-0.05, 0) is 57.5 Å². The molecule has 0 radical (unpaired) electrons. The Labute approximate surface area is 167 Å². The summed E-state index contributed by atoms with van der Waals surface area (Å²) >= 11 is 0. The molecule has 2 rings (SSSR count). The Hall–Kier alpha value is -2.82. The van der Waals surface area contributed by atoms with Crippen LogP contribution >= 0.6 is 0 Å². The highest BCUT2D eigenvalue weighted by Gasteiger charge is 2.17. The van der Waals surface area contributed by atoms with E-state index < -0.39 is 0 Å². The highest BCUT2D eigenvalue weighted by Crippen LogP contribution is 2.21. The summed E-state index contributed by atoms with van der Waals surface area (Å²) in [5.74, 6) is 0.125. The van der Waals surface area contributed by atoms with Crippen molar-refractivity contribution in [3.63, 3.8) is 0 Å². The van der Waals surface area contributed by atoms with Crippen LogP contribution in [-0.4, -0.2) is 24.0 Å². The fourth-order valence-electron chi connectivity index (χ4n) is 2.66. The molecule has 2 N–H and O–H groups in total. The van der Waals surface area contributed by atoms with Crippen molar-refractivity contribution in [1.29, 1.82) is 0 Å². The Balaban J connectivity index is 2.09. The van der Waals surface area contributed by atoms with Gasteiger partial charge in [-0.1, -0.05) is 38.0 Å². The van der Waals surface area contributed by atoms with Gasteiger partial charge in [0.2, 0.25) is 0 Å². The third kappa shape index (κ3) is 6.72. The number of nitrogens with one attached hydrogen (secondary N) is 2. The van der Waals surface area contributed by atoms with Gasteiger partial charge in [0.1, 0.15) is 5.75 Å². The molecule has 0 aromatic heterocycles. The molecule has 2 aromatic carbocycles. The smallest absolute Gasteiger partial charge is 0.259 e. The van der Waals surface area contributed by atoms with Crippen LogP contribution in [0, 0.1) is 0 Å². The molecule has 0 saturated heterocycles. The first kappa shape index (κ1) is 21.5. The van der Waals surface area contributed by atoms with Crippen LogP contribution in [0.15, 0.2) is 48.5 Å². The van der Waals surface area contributed by atoms with E-state index in [0.29, 0.717) is 29.2 Å². The molecule has 0 aliphatic heterocycles. The quantitative estimate of drug-likeness (QED) is 0.629. The van der Waals surface area contributed by atoms with E-state index in [1.165, 1.54) is 0 Å². The lowest BCUT2D eigenvalue weighted by molar-refractivity contribution is 0.0918. The van der Waals surface area contributed by atoms with E-state index in [1.54, 1.807) is 42.5 Å². The number of unbranched alkanes of at least 4 members (excludes halogenated alkanes) is 2. The zero-order valence-electron chi connectivity index (χ0n) is 17.2. The Kier molecular flexibility index (Phi) is 7.61. The average molecular weight is 383 g/mol. The minimum atomic E-state index is -0.329. The van der Waals surface area contributed by atoms with Gasteiger partial charge in [0.25, 0.3) is 11.8 Å². The number of hydrogen-bond donors (Lipinski definition) is 2. The molecule has 2 amide bonds. The van der Waals surface area contributed by atoms with Crippen molar-refractivity contribution in [3.8, 4) is 5.75 Å². The van der Waals surface area contributed by atoms with Crippen molar-refractivity contribution in [2.75, 3.05) is 11.9 Å². The molecule has 0 unspecified atom stereocenters. The van der Waals surface area contributed by atoms with Gasteiger partial charge < -0.3 is 15.4 Å². The van der Waals surface area contributed by atoms with Gasteiger partial charge in [0, 0.05) is 16.8 Å².